The average Bonchev–Trinajstić information content (AvgIpc) is 2.28. The molecule has 1 aromatic carbocycles. The first-order valence-electron chi connectivity index (χ1n) is 5.12. The molecule has 0 saturated carbocycles. The van der Waals surface area contributed by atoms with E-state index in [2.05, 4.69) is 5.32 Å². The van der Waals surface area contributed by atoms with Crippen LogP contribution in [0.1, 0.15) is 30.6 Å². The Hall–Kier alpha value is -1.51. The summed E-state index contributed by atoms with van der Waals surface area (Å²) in [5, 5.41) is 2.90. The van der Waals surface area contributed by atoms with Crippen molar-refractivity contribution in [2.45, 2.75) is 26.3 Å². The van der Waals surface area contributed by atoms with Gasteiger partial charge in [-0.2, -0.15) is 0 Å². The third-order valence-corrected chi connectivity index (χ3v) is 2.32. The van der Waals surface area contributed by atoms with Crippen LogP contribution in [0.25, 0.3) is 0 Å². The molecule has 0 spiro atoms. The van der Waals surface area contributed by atoms with Crippen molar-refractivity contribution in [3.63, 3.8) is 0 Å². The zero-order chi connectivity index (χ0) is 11.3. The molecule has 1 rings (SSSR count). The van der Waals surface area contributed by atoms with E-state index in [-0.39, 0.29) is 11.9 Å². The summed E-state index contributed by atoms with van der Waals surface area (Å²) in [7, 11) is 1.59. The predicted molar refractivity (Wildman–Crippen MR) is 60.2 cm³/mol. The van der Waals surface area contributed by atoms with Crippen molar-refractivity contribution in [1.29, 1.82) is 0 Å². The Kier molecular flexibility index (Phi) is 4.16. The lowest BCUT2D eigenvalue weighted by Crippen LogP contribution is -2.31. The van der Waals surface area contributed by atoms with Gasteiger partial charge in [0.05, 0.1) is 7.11 Å². The summed E-state index contributed by atoms with van der Waals surface area (Å²) in [6.07, 6.45) is 0.926. The first-order valence-corrected chi connectivity index (χ1v) is 5.12. The van der Waals surface area contributed by atoms with Crippen LogP contribution in [-0.2, 0) is 0 Å². The van der Waals surface area contributed by atoms with E-state index in [0.29, 0.717) is 11.3 Å². The summed E-state index contributed by atoms with van der Waals surface area (Å²) in [5.41, 5.74) is 0.634. The fraction of sp³-hybridized carbons (Fsp3) is 0.417. The molecule has 1 aromatic rings. The minimum absolute atomic E-state index is 0.0525. The monoisotopic (exact) mass is 207 g/mol. The molecule has 82 valence electrons. The zero-order valence-electron chi connectivity index (χ0n) is 9.41. The molecule has 0 aliphatic rings. The maximum Gasteiger partial charge on any atom is 0.251 e. The maximum absolute atomic E-state index is 11.7. The summed E-state index contributed by atoms with van der Waals surface area (Å²) < 4.78 is 5.06. The predicted octanol–water partition coefficient (Wildman–Crippen LogP) is 2.22. The van der Waals surface area contributed by atoms with Crippen LogP contribution in [0.5, 0.6) is 5.75 Å². The molecule has 1 unspecified atom stereocenters. The van der Waals surface area contributed by atoms with Gasteiger partial charge in [0.15, 0.2) is 0 Å². The molecule has 0 aliphatic carbocycles. The lowest BCUT2D eigenvalue weighted by atomic mass is 10.2. The van der Waals surface area contributed by atoms with Crippen molar-refractivity contribution in [3.8, 4) is 5.75 Å². The largest absolute Gasteiger partial charge is 0.497 e. The number of rotatable bonds is 4. The first kappa shape index (κ1) is 11.6. The second-order valence-corrected chi connectivity index (χ2v) is 3.51. The SMILES string of the molecule is CCC(C)NC(=O)c1cccc(OC)c1. The quantitative estimate of drug-likeness (QED) is 0.822. The van der Waals surface area contributed by atoms with Crippen LogP contribution in [-0.4, -0.2) is 19.1 Å². The molecule has 0 aliphatic heterocycles. The maximum atomic E-state index is 11.7. The van der Waals surface area contributed by atoms with Crippen LogP contribution in [0.3, 0.4) is 0 Å². The van der Waals surface area contributed by atoms with Gasteiger partial charge < -0.3 is 10.1 Å². The van der Waals surface area contributed by atoms with Crippen LogP contribution in [0.15, 0.2) is 24.3 Å². The molecule has 15 heavy (non-hydrogen) atoms. The van der Waals surface area contributed by atoms with Gasteiger partial charge in [-0.1, -0.05) is 13.0 Å². The highest BCUT2D eigenvalue weighted by Gasteiger charge is 2.08. The fourth-order valence-electron chi connectivity index (χ4n) is 1.17. The van der Waals surface area contributed by atoms with E-state index in [1.807, 2.05) is 26.0 Å². The molecule has 0 heterocycles. The molecule has 3 nitrogen and oxygen atoms in total. The van der Waals surface area contributed by atoms with Crippen molar-refractivity contribution in [1.82, 2.24) is 5.32 Å². The third-order valence-electron chi connectivity index (χ3n) is 2.32. The highest BCUT2D eigenvalue weighted by molar-refractivity contribution is 5.94. The minimum atomic E-state index is -0.0525. The number of carbonyl (C=O) groups excluding carboxylic acids is 1. The van der Waals surface area contributed by atoms with Crippen LogP contribution in [0, 0.1) is 0 Å². The van der Waals surface area contributed by atoms with Crippen molar-refractivity contribution >= 4 is 5.91 Å². The number of amides is 1. The number of methoxy groups -OCH3 is 1. The number of hydrogen-bond donors (Lipinski definition) is 1. The second-order valence-electron chi connectivity index (χ2n) is 3.51. The standard InChI is InChI=1S/C12H17NO2/c1-4-9(2)13-12(14)10-6-5-7-11(8-10)15-3/h5-9H,4H2,1-3H3,(H,13,14). The van der Waals surface area contributed by atoms with Gasteiger partial charge in [-0.05, 0) is 31.5 Å². The summed E-state index contributed by atoms with van der Waals surface area (Å²) in [5.74, 6) is 0.648. The summed E-state index contributed by atoms with van der Waals surface area (Å²) in [6.45, 7) is 4.02. The minimum Gasteiger partial charge on any atom is -0.497 e. The molecule has 1 atom stereocenters. The average molecular weight is 207 g/mol. The Bertz CT molecular complexity index is 336. The summed E-state index contributed by atoms with van der Waals surface area (Å²) in [4.78, 5) is 11.7. The van der Waals surface area contributed by atoms with E-state index in [0.717, 1.165) is 6.42 Å². The number of ether oxygens (including phenoxy) is 1. The molecular formula is C12H17NO2. The first-order chi connectivity index (χ1) is 7.17. The highest BCUT2D eigenvalue weighted by atomic mass is 16.5. The molecule has 0 radical (unpaired) electrons. The van der Waals surface area contributed by atoms with Crippen LogP contribution in [0.4, 0.5) is 0 Å². The van der Waals surface area contributed by atoms with E-state index < -0.39 is 0 Å². The van der Waals surface area contributed by atoms with Gasteiger partial charge in [0.1, 0.15) is 5.75 Å². The smallest absolute Gasteiger partial charge is 0.251 e. The molecule has 0 fully saturated rings. The van der Waals surface area contributed by atoms with Gasteiger partial charge in [0.25, 0.3) is 5.91 Å². The van der Waals surface area contributed by atoms with Crippen molar-refractivity contribution in [3.05, 3.63) is 29.8 Å². The van der Waals surface area contributed by atoms with Crippen molar-refractivity contribution in [2.24, 2.45) is 0 Å². The number of nitrogens with one attached hydrogen (secondary N) is 1. The van der Waals surface area contributed by atoms with Crippen molar-refractivity contribution < 1.29 is 9.53 Å². The van der Waals surface area contributed by atoms with Crippen LogP contribution < -0.4 is 10.1 Å². The fourth-order valence-corrected chi connectivity index (χ4v) is 1.17. The molecular weight excluding hydrogens is 190 g/mol. The summed E-state index contributed by atoms with van der Waals surface area (Å²) in [6, 6.07) is 7.34. The molecule has 1 N–H and O–H groups in total. The summed E-state index contributed by atoms with van der Waals surface area (Å²) >= 11 is 0. The lowest BCUT2D eigenvalue weighted by Gasteiger charge is -2.11. The molecule has 0 saturated heterocycles. The molecule has 0 aromatic heterocycles. The molecule has 0 bridgehead atoms. The number of carbonyl (C=O) groups is 1. The van der Waals surface area contributed by atoms with Crippen LogP contribution >= 0.6 is 0 Å². The zero-order valence-corrected chi connectivity index (χ0v) is 9.41. The lowest BCUT2D eigenvalue weighted by molar-refractivity contribution is 0.0939. The molecule has 3 heteroatoms. The van der Waals surface area contributed by atoms with Gasteiger partial charge in [0, 0.05) is 11.6 Å². The normalized spacial score (nSPS) is 11.9. The van der Waals surface area contributed by atoms with E-state index in [1.54, 1.807) is 19.2 Å². The topological polar surface area (TPSA) is 38.3 Å². The van der Waals surface area contributed by atoms with E-state index in [1.165, 1.54) is 0 Å². The Balaban J connectivity index is 2.73. The van der Waals surface area contributed by atoms with E-state index in [4.69, 9.17) is 4.74 Å². The highest BCUT2D eigenvalue weighted by Crippen LogP contribution is 2.12. The van der Waals surface area contributed by atoms with Crippen molar-refractivity contribution in [2.75, 3.05) is 7.11 Å². The second kappa shape index (κ2) is 5.39. The van der Waals surface area contributed by atoms with Crippen LogP contribution in [0.2, 0.25) is 0 Å². The van der Waals surface area contributed by atoms with Gasteiger partial charge in [-0.25, -0.2) is 0 Å². The van der Waals surface area contributed by atoms with E-state index in [9.17, 15) is 4.79 Å². The van der Waals surface area contributed by atoms with Gasteiger partial charge in [-0.15, -0.1) is 0 Å². The number of benzene rings is 1. The number of hydrogen-bond acceptors (Lipinski definition) is 2. The Morgan fingerprint density at radius 1 is 1.53 bits per heavy atom. The Morgan fingerprint density at radius 3 is 2.87 bits per heavy atom. The Morgan fingerprint density at radius 2 is 2.27 bits per heavy atom. The van der Waals surface area contributed by atoms with Gasteiger partial charge in [0.2, 0.25) is 0 Å². The van der Waals surface area contributed by atoms with E-state index >= 15 is 0 Å². The third kappa shape index (κ3) is 3.27. The molecule has 1 amide bonds. The van der Waals surface area contributed by atoms with Gasteiger partial charge >= 0.3 is 0 Å². The Labute approximate surface area is 90.4 Å². The van der Waals surface area contributed by atoms with Gasteiger partial charge in [-0.3, -0.25) is 4.79 Å².